The average Bonchev–Trinajstić information content (AvgIpc) is 2.81. The normalized spacial score (nSPS) is 10.8. The number of halogens is 1. The van der Waals surface area contributed by atoms with E-state index in [1.165, 1.54) is 11.1 Å². The van der Waals surface area contributed by atoms with Gasteiger partial charge in [-0.1, -0.05) is 24.3 Å². The summed E-state index contributed by atoms with van der Waals surface area (Å²) in [6.07, 6.45) is 3.84. The highest BCUT2D eigenvalue weighted by Gasteiger charge is 1.97. The number of alkyl halides is 1. The van der Waals surface area contributed by atoms with Crippen LogP contribution in [-0.4, -0.2) is 16.1 Å². The second kappa shape index (κ2) is 6.57. The Labute approximate surface area is 113 Å². The van der Waals surface area contributed by atoms with Crippen LogP contribution in [0.25, 0.3) is 0 Å². The summed E-state index contributed by atoms with van der Waals surface area (Å²) in [4.78, 5) is 4.20. The molecule has 0 aliphatic heterocycles. The third-order valence-corrected chi connectivity index (χ3v) is 3.24. The molecule has 0 unspecified atom stereocenters. The number of aryl methyl sites for hydroxylation is 1. The van der Waals surface area contributed by atoms with Gasteiger partial charge in [0.1, 0.15) is 5.82 Å². The van der Waals surface area contributed by atoms with Crippen LogP contribution in [-0.2, 0) is 19.0 Å². The van der Waals surface area contributed by atoms with E-state index in [1.807, 2.05) is 25.4 Å². The van der Waals surface area contributed by atoms with E-state index in [0.717, 1.165) is 25.5 Å². The average molecular weight is 264 g/mol. The first-order chi connectivity index (χ1) is 8.79. The molecular formula is C14H18ClN3. The molecule has 0 aliphatic carbocycles. The van der Waals surface area contributed by atoms with Gasteiger partial charge >= 0.3 is 0 Å². The summed E-state index contributed by atoms with van der Waals surface area (Å²) in [5.74, 6) is 1.63. The zero-order chi connectivity index (χ0) is 12.8. The van der Waals surface area contributed by atoms with E-state index in [1.54, 1.807) is 0 Å². The standard InChI is InChI=1S/C14H18ClN3/c1-12-17-6-8-18(12)7-5-16-11-14-4-2-3-13(9-14)10-15/h2-4,6,8-9,16H,5,7,10-11H2,1H3. The quantitative estimate of drug-likeness (QED) is 0.642. The van der Waals surface area contributed by atoms with Crippen molar-refractivity contribution >= 4 is 11.6 Å². The van der Waals surface area contributed by atoms with Gasteiger partial charge in [-0.15, -0.1) is 11.6 Å². The highest BCUT2D eigenvalue weighted by molar-refractivity contribution is 6.17. The number of rotatable bonds is 6. The second-order valence-corrected chi connectivity index (χ2v) is 4.57. The van der Waals surface area contributed by atoms with Crippen molar-refractivity contribution in [3.8, 4) is 0 Å². The lowest BCUT2D eigenvalue weighted by Gasteiger charge is -2.08. The maximum absolute atomic E-state index is 5.81. The van der Waals surface area contributed by atoms with Crippen LogP contribution in [0.5, 0.6) is 0 Å². The smallest absolute Gasteiger partial charge is 0.105 e. The molecule has 0 saturated carbocycles. The molecule has 2 aromatic rings. The van der Waals surface area contributed by atoms with Crippen molar-refractivity contribution < 1.29 is 0 Å². The Bertz CT molecular complexity index is 493. The van der Waals surface area contributed by atoms with Crippen LogP contribution >= 0.6 is 11.6 Å². The van der Waals surface area contributed by atoms with E-state index in [0.29, 0.717) is 5.88 Å². The summed E-state index contributed by atoms with van der Waals surface area (Å²) in [6, 6.07) is 8.36. The van der Waals surface area contributed by atoms with Crippen molar-refractivity contribution in [2.45, 2.75) is 25.9 Å². The van der Waals surface area contributed by atoms with Gasteiger partial charge in [0.25, 0.3) is 0 Å². The Morgan fingerprint density at radius 1 is 1.33 bits per heavy atom. The number of hydrogen-bond acceptors (Lipinski definition) is 2. The maximum Gasteiger partial charge on any atom is 0.105 e. The minimum Gasteiger partial charge on any atom is -0.334 e. The highest BCUT2D eigenvalue weighted by atomic mass is 35.5. The van der Waals surface area contributed by atoms with E-state index in [9.17, 15) is 0 Å². The molecule has 0 aliphatic rings. The molecule has 1 aromatic heterocycles. The zero-order valence-corrected chi connectivity index (χ0v) is 11.3. The van der Waals surface area contributed by atoms with Crippen molar-refractivity contribution in [2.75, 3.05) is 6.54 Å². The fraction of sp³-hybridized carbons (Fsp3) is 0.357. The fourth-order valence-corrected chi connectivity index (χ4v) is 2.06. The monoisotopic (exact) mass is 263 g/mol. The van der Waals surface area contributed by atoms with Gasteiger partial charge in [0.05, 0.1) is 0 Å². The van der Waals surface area contributed by atoms with Gasteiger partial charge in [0.15, 0.2) is 0 Å². The van der Waals surface area contributed by atoms with Crippen LogP contribution in [0.4, 0.5) is 0 Å². The molecule has 96 valence electrons. The molecule has 0 fully saturated rings. The van der Waals surface area contributed by atoms with Crippen molar-refractivity contribution in [1.29, 1.82) is 0 Å². The van der Waals surface area contributed by atoms with Gasteiger partial charge in [0.2, 0.25) is 0 Å². The molecule has 18 heavy (non-hydrogen) atoms. The molecular weight excluding hydrogens is 246 g/mol. The number of nitrogens with zero attached hydrogens (tertiary/aromatic N) is 2. The number of nitrogens with one attached hydrogen (secondary N) is 1. The zero-order valence-electron chi connectivity index (χ0n) is 10.6. The molecule has 2 rings (SSSR count). The molecule has 4 heteroatoms. The fourth-order valence-electron chi connectivity index (χ4n) is 1.90. The van der Waals surface area contributed by atoms with Crippen LogP contribution in [0, 0.1) is 6.92 Å². The van der Waals surface area contributed by atoms with E-state index in [4.69, 9.17) is 11.6 Å². The molecule has 0 amide bonds. The van der Waals surface area contributed by atoms with Gasteiger partial charge in [-0.25, -0.2) is 4.98 Å². The molecule has 1 N–H and O–H groups in total. The number of hydrogen-bond donors (Lipinski definition) is 1. The van der Waals surface area contributed by atoms with Crippen LogP contribution < -0.4 is 5.32 Å². The first kappa shape index (κ1) is 13.1. The summed E-state index contributed by atoms with van der Waals surface area (Å²) in [7, 11) is 0. The van der Waals surface area contributed by atoms with E-state index in [-0.39, 0.29) is 0 Å². The summed E-state index contributed by atoms with van der Waals surface area (Å²) in [5.41, 5.74) is 2.44. The first-order valence-electron chi connectivity index (χ1n) is 6.12. The summed E-state index contributed by atoms with van der Waals surface area (Å²) < 4.78 is 2.14. The van der Waals surface area contributed by atoms with Gasteiger partial charge in [0, 0.05) is 37.9 Å². The highest BCUT2D eigenvalue weighted by Crippen LogP contribution is 2.07. The van der Waals surface area contributed by atoms with Crippen molar-refractivity contribution in [1.82, 2.24) is 14.9 Å². The maximum atomic E-state index is 5.81. The van der Waals surface area contributed by atoms with E-state index >= 15 is 0 Å². The van der Waals surface area contributed by atoms with Crippen molar-refractivity contribution in [3.05, 3.63) is 53.6 Å². The lowest BCUT2D eigenvalue weighted by molar-refractivity contribution is 0.587. The third kappa shape index (κ3) is 3.59. The predicted molar refractivity (Wildman–Crippen MR) is 74.7 cm³/mol. The summed E-state index contributed by atoms with van der Waals surface area (Å²) in [6.45, 7) is 4.77. The Hall–Kier alpha value is -1.32. The number of aromatic nitrogens is 2. The van der Waals surface area contributed by atoms with E-state index in [2.05, 4.69) is 33.1 Å². The topological polar surface area (TPSA) is 29.9 Å². The third-order valence-electron chi connectivity index (χ3n) is 2.93. The Morgan fingerprint density at radius 2 is 2.17 bits per heavy atom. The summed E-state index contributed by atoms with van der Waals surface area (Å²) >= 11 is 5.81. The van der Waals surface area contributed by atoms with Gasteiger partial charge in [-0.05, 0) is 18.1 Å². The van der Waals surface area contributed by atoms with Gasteiger partial charge in [-0.2, -0.15) is 0 Å². The van der Waals surface area contributed by atoms with Crippen LogP contribution in [0.1, 0.15) is 17.0 Å². The molecule has 3 nitrogen and oxygen atoms in total. The lowest BCUT2D eigenvalue weighted by Crippen LogP contribution is -2.19. The minimum absolute atomic E-state index is 0.571. The Morgan fingerprint density at radius 3 is 2.89 bits per heavy atom. The molecule has 0 radical (unpaired) electrons. The number of benzene rings is 1. The van der Waals surface area contributed by atoms with Gasteiger partial charge in [-0.3, -0.25) is 0 Å². The summed E-state index contributed by atoms with van der Waals surface area (Å²) in [5, 5.41) is 3.43. The molecule has 1 aromatic carbocycles. The minimum atomic E-state index is 0.571. The lowest BCUT2D eigenvalue weighted by atomic mass is 10.1. The van der Waals surface area contributed by atoms with E-state index < -0.39 is 0 Å². The van der Waals surface area contributed by atoms with Gasteiger partial charge < -0.3 is 9.88 Å². The van der Waals surface area contributed by atoms with Crippen LogP contribution in [0.2, 0.25) is 0 Å². The molecule has 0 saturated heterocycles. The predicted octanol–water partition coefficient (Wildman–Crippen LogP) is 2.72. The van der Waals surface area contributed by atoms with Crippen molar-refractivity contribution in [3.63, 3.8) is 0 Å². The number of imidazole rings is 1. The molecule has 1 heterocycles. The SMILES string of the molecule is Cc1nccn1CCNCc1cccc(CCl)c1. The molecule has 0 atom stereocenters. The Balaban J connectivity index is 1.76. The Kier molecular flexibility index (Phi) is 4.79. The molecule has 0 bridgehead atoms. The van der Waals surface area contributed by atoms with Crippen molar-refractivity contribution in [2.24, 2.45) is 0 Å². The first-order valence-corrected chi connectivity index (χ1v) is 6.65. The second-order valence-electron chi connectivity index (χ2n) is 4.30. The van der Waals surface area contributed by atoms with Crippen LogP contribution in [0.3, 0.4) is 0 Å². The molecule has 0 spiro atoms. The largest absolute Gasteiger partial charge is 0.334 e. The van der Waals surface area contributed by atoms with Crippen LogP contribution in [0.15, 0.2) is 36.7 Å².